The monoisotopic (exact) mass is 473 g/mol. The maximum atomic E-state index is 9.17. The Morgan fingerprint density at radius 2 is 1.22 bits per heavy atom. The number of para-hydroxylation sites is 1. The average Bonchev–Trinajstić information content (AvgIpc) is 3.73. The summed E-state index contributed by atoms with van der Waals surface area (Å²) in [5.41, 5.74) is 0.677. The van der Waals surface area contributed by atoms with Gasteiger partial charge in [0.25, 0.3) is 0 Å². The highest BCUT2D eigenvalue weighted by molar-refractivity contribution is 6.25. The van der Waals surface area contributed by atoms with E-state index < -0.39 is 84.1 Å². The molecule has 0 radical (unpaired) electrons. The van der Waals surface area contributed by atoms with E-state index in [1.807, 2.05) is 6.07 Å². The Morgan fingerprint density at radius 1 is 0.556 bits per heavy atom. The third-order valence-electron chi connectivity index (χ3n) is 6.47. The van der Waals surface area contributed by atoms with Crippen LogP contribution in [0.15, 0.2) is 130 Å². The molecule has 0 atom stereocenters. The van der Waals surface area contributed by atoms with Crippen molar-refractivity contribution in [2.45, 2.75) is 0 Å². The van der Waals surface area contributed by atoms with Crippen molar-refractivity contribution in [3.8, 4) is 22.3 Å². The van der Waals surface area contributed by atoms with Crippen LogP contribution in [0, 0.1) is 0 Å². The quantitative estimate of drug-likeness (QED) is 0.233. The normalized spacial score (nSPS) is 16.9. The predicted octanol–water partition coefficient (Wildman–Crippen LogP) is 9.97. The van der Waals surface area contributed by atoms with Gasteiger partial charge in [-0.3, -0.25) is 0 Å². The number of benzene rings is 6. The minimum Gasteiger partial charge on any atom is -0.464 e. The second kappa shape index (κ2) is 7.34. The molecule has 8 rings (SSSR count). The van der Waals surface area contributed by atoms with Crippen molar-refractivity contribution in [2.75, 3.05) is 0 Å². The lowest BCUT2D eigenvalue weighted by molar-refractivity contribution is 0.618. The molecule has 0 unspecified atom stereocenters. The minimum atomic E-state index is -0.723. The van der Waals surface area contributed by atoms with Gasteiger partial charge in [-0.2, -0.15) is 0 Å². The fourth-order valence-electron chi connectivity index (χ4n) is 5.02. The standard InChI is InChI=1S/C34H20O2/c1-2-9-21(10-3-1)30-23-11-4-6-13-25(23)31(26-14-7-5-12-24(26)30)27-15-8-16-28-32-29(36-34(27)28)18-17-22-19-20-35-33(22)32/h1-20H/i1D,2D,3D,4D,5D,6D,7D,9D,10D,11D,12D,13D,14D. The first-order valence-electron chi connectivity index (χ1n) is 17.6. The SMILES string of the molecule is [2H]c1c([2H])c([2H])c(-c2c3c([2H])c([2H])c([2H])c([2H])c3c(-c3cccc4c3oc3ccc5ccoc5c34)c3c([2H])c([2H])c([2H])c([2H])c23)c([2H])c1[2H]. The van der Waals surface area contributed by atoms with E-state index in [1.165, 1.54) is 6.26 Å². The molecule has 0 fully saturated rings. The van der Waals surface area contributed by atoms with Gasteiger partial charge >= 0.3 is 0 Å². The summed E-state index contributed by atoms with van der Waals surface area (Å²) < 4.78 is 126. The molecule has 2 heteroatoms. The molecule has 2 heterocycles. The molecule has 168 valence electrons. The summed E-state index contributed by atoms with van der Waals surface area (Å²) in [4.78, 5) is 0. The first kappa shape index (κ1) is 10.8. The number of fused-ring (bicyclic) bond motifs is 7. The minimum absolute atomic E-state index is 0.000427. The maximum Gasteiger partial charge on any atom is 0.145 e. The summed E-state index contributed by atoms with van der Waals surface area (Å²) in [5.74, 6) is 0. The van der Waals surface area contributed by atoms with Crippen molar-refractivity contribution in [3.05, 3.63) is 121 Å². The van der Waals surface area contributed by atoms with Gasteiger partial charge in [-0.1, -0.05) is 96.8 Å². The fraction of sp³-hybridized carbons (Fsp3) is 0. The highest BCUT2D eigenvalue weighted by atomic mass is 16.3. The molecule has 36 heavy (non-hydrogen) atoms. The Labute approximate surface area is 225 Å². The van der Waals surface area contributed by atoms with Crippen LogP contribution in [0.4, 0.5) is 0 Å². The summed E-state index contributed by atoms with van der Waals surface area (Å²) in [6, 6.07) is 1.89. The molecule has 0 aliphatic carbocycles. The van der Waals surface area contributed by atoms with Crippen LogP contribution < -0.4 is 0 Å². The molecule has 0 saturated carbocycles. The van der Waals surface area contributed by atoms with Gasteiger partial charge < -0.3 is 8.83 Å². The molecule has 8 aromatic rings. The summed E-state index contributed by atoms with van der Waals surface area (Å²) >= 11 is 0. The zero-order valence-electron chi connectivity index (χ0n) is 31.4. The number of hydrogen-bond acceptors (Lipinski definition) is 2. The van der Waals surface area contributed by atoms with Crippen molar-refractivity contribution < 1.29 is 26.7 Å². The zero-order chi connectivity index (χ0) is 35.0. The fourth-order valence-corrected chi connectivity index (χ4v) is 5.02. The van der Waals surface area contributed by atoms with Gasteiger partial charge in [-0.15, -0.1) is 0 Å². The van der Waals surface area contributed by atoms with Gasteiger partial charge in [0, 0.05) is 21.9 Å². The van der Waals surface area contributed by atoms with Crippen LogP contribution in [0.3, 0.4) is 0 Å². The van der Waals surface area contributed by atoms with Crippen molar-refractivity contribution >= 4 is 54.5 Å². The molecule has 2 aromatic heterocycles. The van der Waals surface area contributed by atoms with E-state index in [0.29, 0.717) is 21.9 Å². The molecule has 6 aromatic carbocycles. The molecule has 0 aliphatic rings. The summed E-state index contributed by atoms with van der Waals surface area (Å²) in [7, 11) is 0. The van der Waals surface area contributed by atoms with Crippen LogP contribution in [0.25, 0.3) is 76.7 Å². The molecule has 0 saturated heterocycles. The molecular formula is C34H20O2. The van der Waals surface area contributed by atoms with Crippen LogP contribution in [-0.2, 0) is 0 Å². The lowest BCUT2D eigenvalue weighted by atomic mass is 9.85. The van der Waals surface area contributed by atoms with Crippen molar-refractivity contribution in [2.24, 2.45) is 0 Å². The van der Waals surface area contributed by atoms with E-state index in [0.717, 1.165) is 5.39 Å². The number of hydrogen-bond donors (Lipinski definition) is 0. The third kappa shape index (κ3) is 2.61. The van der Waals surface area contributed by atoms with Gasteiger partial charge in [0.05, 0.1) is 29.5 Å². The molecule has 0 spiro atoms. The van der Waals surface area contributed by atoms with Gasteiger partial charge in [-0.05, 0) is 50.9 Å². The molecule has 0 N–H and O–H groups in total. The second-order valence-electron chi connectivity index (χ2n) is 8.31. The molecule has 0 aliphatic heterocycles. The zero-order valence-corrected chi connectivity index (χ0v) is 18.4. The lowest BCUT2D eigenvalue weighted by Crippen LogP contribution is -1.90. The largest absolute Gasteiger partial charge is 0.464 e. The summed E-state index contributed by atoms with van der Waals surface area (Å²) in [6.45, 7) is 0. The van der Waals surface area contributed by atoms with Crippen molar-refractivity contribution in [1.29, 1.82) is 0 Å². The molecule has 0 amide bonds. The van der Waals surface area contributed by atoms with Crippen LogP contribution in [-0.4, -0.2) is 0 Å². The smallest absolute Gasteiger partial charge is 0.145 e. The molecular weight excluding hydrogens is 440 g/mol. The Balaban J connectivity index is 1.73. The Hall–Kier alpha value is -4.82. The van der Waals surface area contributed by atoms with Gasteiger partial charge in [0.15, 0.2) is 0 Å². The molecule has 2 nitrogen and oxygen atoms in total. The summed E-state index contributed by atoms with van der Waals surface area (Å²) in [5, 5.41) is 1.10. The topological polar surface area (TPSA) is 26.3 Å². The third-order valence-corrected chi connectivity index (χ3v) is 6.47. The lowest BCUT2D eigenvalue weighted by Gasteiger charge is -2.17. The van der Waals surface area contributed by atoms with Crippen LogP contribution >= 0.6 is 0 Å². The van der Waals surface area contributed by atoms with Crippen LogP contribution in [0.2, 0.25) is 0 Å². The Kier molecular flexibility index (Phi) is 2.21. The second-order valence-corrected chi connectivity index (χ2v) is 8.31. The van der Waals surface area contributed by atoms with Crippen LogP contribution in [0.1, 0.15) is 17.8 Å². The average molecular weight is 474 g/mol. The number of furan rings is 2. The Bertz CT molecular complexity index is 2710. The van der Waals surface area contributed by atoms with Gasteiger partial charge in [-0.25, -0.2) is 0 Å². The maximum absolute atomic E-state index is 9.17. The highest BCUT2D eigenvalue weighted by Crippen LogP contribution is 2.46. The van der Waals surface area contributed by atoms with E-state index in [4.69, 9.17) is 23.9 Å². The van der Waals surface area contributed by atoms with Crippen LogP contribution in [0.5, 0.6) is 0 Å². The first-order chi connectivity index (χ1) is 23.3. The van der Waals surface area contributed by atoms with E-state index in [9.17, 15) is 2.74 Å². The van der Waals surface area contributed by atoms with Crippen molar-refractivity contribution in [1.82, 2.24) is 0 Å². The number of rotatable bonds is 2. The first-order valence-corrected chi connectivity index (χ1v) is 11.1. The molecule has 0 bridgehead atoms. The van der Waals surface area contributed by atoms with E-state index in [2.05, 4.69) is 0 Å². The van der Waals surface area contributed by atoms with Gasteiger partial charge in [0.1, 0.15) is 16.7 Å². The Morgan fingerprint density at radius 3 is 1.94 bits per heavy atom. The highest BCUT2D eigenvalue weighted by Gasteiger charge is 2.21. The van der Waals surface area contributed by atoms with E-state index in [-0.39, 0.29) is 43.8 Å². The van der Waals surface area contributed by atoms with Crippen molar-refractivity contribution in [3.63, 3.8) is 0 Å². The predicted molar refractivity (Wildman–Crippen MR) is 149 cm³/mol. The van der Waals surface area contributed by atoms with Gasteiger partial charge in [0.2, 0.25) is 0 Å². The van der Waals surface area contributed by atoms with E-state index >= 15 is 0 Å². The summed E-state index contributed by atoms with van der Waals surface area (Å²) in [6.07, 6.45) is 1.54. The van der Waals surface area contributed by atoms with E-state index in [1.54, 1.807) is 30.3 Å².